The number of para-hydroxylation sites is 2. The maximum atomic E-state index is 14.0. The van der Waals surface area contributed by atoms with E-state index >= 15 is 0 Å². The number of carbonyl (C=O) groups is 2. The molecule has 0 aliphatic carbocycles. The summed E-state index contributed by atoms with van der Waals surface area (Å²) in [4.78, 5) is 27.1. The summed E-state index contributed by atoms with van der Waals surface area (Å²) in [5, 5.41) is 2.98. The molecule has 0 saturated carbocycles. The zero-order chi connectivity index (χ0) is 46.1. The average Bonchev–Trinajstić information content (AvgIpc) is 3.45. The fraction of sp³-hybridized carbons (Fsp3) is 0.682. The van der Waals surface area contributed by atoms with Gasteiger partial charge >= 0.3 is 13.2 Å². The minimum atomic E-state index is -0.780. The summed E-state index contributed by atoms with van der Waals surface area (Å²) >= 11 is 6.77. The Hall–Kier alpha value is -3.27. The topological polar surface area (TPSA) is 169 Å². The number of hydrogen-bond donors (Lipinski definition) is 1. The maximum Gasteiger partial charge on any atom is 0.496 e. The first kappa shape index (κ1) is 54.1. The zero-order valence-electron chi connectivity index (χ0n) is 38.7. The van der Waals surface area contributed by atoms with Crippen LogP contribution in [0.5, 0.6) is 11.5 Å². The number of ether oxygens (including phenoxy) is 11. The highest BCUT2D eigenvalue weighted by Crippen LogP contribution is 2.38. The first-order valence-electron chi connectivity index (χ1n) is 21.4. The molecule has 2 amide bonds. The molecule has 0 bridgehead atoms. The summed E-state index contributed by atoms with van der Waals surface area (Å²) in [5.41, 5.74) is -0.328. The van der Waals surface area contributed by atoms with Crippen LogP contribution in [0, 0.1) is 0 Å². The predicted octanol–water partition coefficient (Wildman–Crippen LogP) is 4.96. The van der Waals surface area contributed by atoms with Crippen molar-refractivity contribution in [3.8, 4) is 11.5 Å². The Labute approximate surface area is 378 Å². The van der Waals surface area contributed by atoms with Crippen LogP contribution in [0.1, 0.15) is 58.8 Å². The number of alkyl carbamates (subject to hydrolysis) is 1. The molecule has 63 heavy (non-hydrogen) atoms. The van der Waals surface area contributed by atoms with E-state index in [0.29, 0.717) is 133 Å². The molecule has 2 aromatic rings. The molecule has 1 fully saturated rings. The highest BCUT2D eigenvalue weighted by molar-refractivity contribution is 6.65. The third-order valence-electron chi connectivity index (χ3n) is 9.59. The number of amides is 2. The lowest BCUT2D eigenvalue weighted by Crippen LogP contribution is -2.41. The van der Waals surface area contributed by atoms with E-state index in [9.17, 15) is 9.59 Å². The van der Waals surface area contributed by atoms with E-state index < -0.39 is 30.0 Å². The molecule has 3 rings (SSSR count). The van der Waals surface area contributed by atoms with Gasteiger partial charge < -0.3 is 71.6 Å². The van der Waals surface area contributed by atoms with Gasteiger partial charge in [-0.05, 0) is 72.7 Å². The fourth-order valence-corrected chi connectivity index (χ4v) is 5.84. The van der Waals surface area contributed by atoms with Crippen LogP contribution in [0.15, 0.2) is 36.4 Å². The van der Waals surface area contributed by atoms with Crippen molar-refractivity contribution in [2.75, 3.05) is 138 Å². The van der Waals surface area contributed by atoms with Crippen molar-refractivity contribution >= 4 is 41.9 Å². The first-order chi connectivity index (χ1) is 30.1. The van der Waals surface area contributed by atoms with Crippen LogP contribution >= 0.6 is 11.6 Å². The highest BCUT2D eigenvalue weighted by atomic mass is 35.5. The van der Waals surface area contributed by atoms with E-state index in [1.165, 1.54) is 4.90 Å². The summed E-state index contributed by atoms with van der Waals surface area (Å²) in [6, 6.07) is 10.6. The van der Waals surface area contributed by atoms with E-state index in [4.69, 9.17) is 73.0 Å². The van der Waals surface area contributed by atoms with E-state index in [-0.39, 0.29) is 24.7 Å². The molecule has 0 aromatic heterocycles. The molecule has 1 aliphatic rings. The van der Waals surface area contributed by atoms with Gasteiger partial charge in [-0.2, -0.15) is 0 Å². The molecule has 1 heterocycles. The molecule has 1 saturated heterocycles. The van der Waals surface area contributed by atoms with Crippen LogP contribution in [-0.4, -0.2) is 169 Å². The van der Waals surface area contributed by atoms with Crippen molar-refractivity contribution in [1.82, 2.24) is 5.32 Å². The second-order valence-electron chi connectivity index (χ2n) is 16.2. The lowest BCUT2D eigenvalue weighted by atomic mass is 9.78. The largest absolute Gasteiger partial charge is 0.496 e. The van der Waals surface area contributed by atoms with Gasteiger partial charge in [0.15, 0.2) is 0 Å². The van der Waals surface area contributed by atoms with Gasteiger partial charge in [-0.15, -0.1) is 0 Å². The van der Waals surface area contributed by atoms with E-state index in [1.807, 2.05) is 60.6 Å². The normalized spacial score (nSPS) is 14.5. The molecule has 1 N–H and O–H groups in total. The molecule has 356 valence electrons. The number of hydrogen-bond acceptors (Lipinski definition) is 15. The van der Waals surface area contributed by atoms with Crippen LogP contribution in [0.3, 0.4) is 0 Å². The van der Waals surface area contributed by atoms with Crippen molar-refractivity contribution in [3.63, 3.8) is 0 Å². The number of halogens is 1. The molecule has 0 spiro atoms. The second-order valence-corrected chi connectivity index (χ2v) is 16.6. The van der Waals surface area contributed by atoms with Gasteiger partial charge in [-0.3, -0.25) is 4.79 Å². The molecule has 0 unspecified atom stereocenters. The van der Waals surface area contributed by atoms with Crippen LogP contribution < -0.4 is 25.2 Å². The summed E-state index contributed by atoms with van der Waals surface area (Å²) in [5.74, 6) is 0.516. The number of methoxy groups -OCH3 is 1. The Balaban J connectivity index is 1.19. The Morgan fingerprint density at radius 2 is 1.10 bits per heavy atom. The molecule has 0 radical (unpaired) electrons. The van der Waals surface area contributed by atoms with Crippen molar-refractivity contribution in [2.24, 2.45) is 0 Å². The second kappa shape index (κ2) is 28.6. The summed E-state index contributed by atoms with van der Waals surface area (Å²) < 4.78 is 73.5. The van der Waals surface area contributed by atoms with Crippen molar-refractivity contribution < 1.29 is 71.0 Å². The fourth-order valence-electron chi connectivity index (χ4n) is 5.60. The maximum absolute atomic E-state index is 14.0. The van der Waals surface area contributed by atoms with E-state index in [0.717, 1.165) is 0 Å². The molecular formula is C44H70BClN2O15. The SMILES string of the molecule is COc1ccccc1N(C)C(=O)c1cc(B2OC(C)(C)C(C)(C)O2)c(Cl)cc1OCCOCCOCCOCCOCCOCCOCCOCCOCCNC(=O)OC(C)(C)C. The van der Waals surface area contributed by atoms with Crippen molar-refractivity contribution in [3.05, 3.63) is 47.0 Å². The predicted molar refractivity (Wildman–Crippen MR) is 239 cm³/mol. The van der Waals surface area contributed by atoms with Crippen LogP contribution in [0.2, 0.25) is 5.02 Å². The minimum Gasteiger partial charge on any atom is -0.495 e. The van der Waals surface area contributed by atoms with Gasteiger partial charge in [-0.25, -0.2) is 4.79 Å². The third-order valence-corrected chi connectivity index (χ3v) is 9.92. The Morgan fingerprint density at radius 1 is 0.667 bits per heavy atom. The molecular weight excluding hydrogens is 843 g/mol. The van der Waals surface area contributed by atoms with Crippen LogP contribution in [0.4, 0.5) is 10.5 Å². The summed E-state index contributed by atoms with van der Waals surface area (Å²) in [6.07, 6.45) is -0.463. The molecule has 19 heteroatoms. The summed E-state index contributed by atoms with van der Waals surface area (Å²) in [6.45, 7) is 20.5. The van der Waals surface area contributed by atoms with Crippen molar-refractivity contribution in [2.45, 2.75) is 65.3 Å². The number of carbonyl (C=O) groups excluding carboxylic acids is 2. The molecule has 17 nitrogen and oxygen atoms in total. The zero-order valence-corrected chi connectivity index (χ0v) is 39.5. The van der Waals surface area contributed by atoms with Crippen LogP contribution in [-0.2, 0) is 51.9 Å². The lowest BCUT2D eigenvalue weighted by molar-refractivity contribution is -0.0236. The number of anilines is 1. The quantitative estimate of drug-likeness (QED) is 0.0772. The lowest BCUT2D eigenvalue weighted by Gasteiger charge is -2.32. The number of nitrogens with one attached hydrogen (secondary N) is 1. The Kier molecular flexibility index (Phi) is 24.5. The molecule has 1 aliphatic heterocycles. The number of rotatable bonds is 32. The Bertz CT molecular complexity index is 1610. The Morgan fingerprint density at radius 3 is 1.54 bits per heavy atom. The van der Waals surface area contributed by atoms with Gasteiger partial charge in [0.2, 0.25) is 0 Å². The van der Waals surface area contributed by atoms with E-state index in [2.05, 4.69) is 5.32 Å². The van der Waals surface area contributed by atoms with Gasteiger partial charge in [-0.1, -0.05) is 23.7 Å². The smallest absolute Gasteiger partial charge is 0.495 e. The highest BCUT2D eigenvalue weighted by Gasteiger charge is 2.52. The average molecular weight is 913 g/mol. The third kappa shape index (κ3) is 20.2. The van der Waals surface area contributed by atoms with Gasteiger partial charge in [0.05, 0.1) is 135 Å². The van der Waals surface area contributed by atoms with Crippen molar-refractivity contribution in [1.29, 1.82) is 0 Å². The van der Waals surface area contributed by atoms with E-state index in [1.54, 1.807) is 38.4 Å². The van der Waals surface area contributed by atoms with Gasteiger partial charge in [0.25, 0.3) is 5.91 Å². The molecule has 2 aromatic carbocycles. The minimum absolute atomic E-state index is 0.167. The first-order valence-corrected chi connectivity index (χ1v) is 21.8. The van der Waals surface area contributed by atoms with Crippen LogP contribution in [0.25, 0.3) is 0 Å². The number of nitrogens with zero attached hydrogens (tertiary/aromatic N) is 1. The van der Waals surface area contributed by atoms with Gasteiger partial charge in [0, 0.05) is 24.1 Å². The standard InChI is InChI=1S/C44H70BClN2O15/c1-42(2,3)61-41(50)47-14-15-52-16-17-53-18-19-54-20-21-55-22-23-56-24-25-57-26-27-58-28-29-59-30-31-60-39-33-36(46)35(45-62-43(4,5)44(6,7)63-45)32-34(39)40(49)48(8)37-12-10-11-13-38(37)51-9/h10-13,32-33H,14-31H2,1-9H3,(H,47,50). The van der Waals surface area contributed by atoms with Gasteiger partial charge in [0.1, 0.15) is 23.7 Å². The monoisotopic (exact) mass is 912 g/mol. The molecule has 0 atom stereocenters. The summed E-state index contributed by atoms with van der Waals surface area (Å²) in [7, 11) is 2.45. The number of benzene rings is 2.